The number of aromatic nitrogens is 4. The first kappa shape index (κ1) is 18.6. The fourth-order valence-electron chi connectivity index (χ4n) is 4.24. The highest BCUT2D eigenvalue weighted by Crippen LogP contribution is 2.44. The van der Waals surface area contributed by atoms with Gasteiger partial charge < -0.3 is 15.4 Å². The first-order valence-corrected chi connectivity index (χ1v) is 9.85. The largest absolute Gasteiger partial charge is 0.465 e. The van der Waals surface area contributed by atoms with Crippen LogP contribution in [0, 0.1) is 0 Å². The number of nitrogens with zero attached hydrogens (tertiary/aromatic N) is 4. The Hall–Kier alpha value is -3.46. The highest BCUT2D eigenvalue weighted by atomic mass is 35.5. The Bertz CT molecular complexity index is 1150. The number of rotatable bonds is 3. The number of aryl methyl sites for hydroxylation is 1. The summed E-state index contributed by atoms with van der Waals surface area (Å²) in [4.78, 5) is 42.0. The standard InChI is InChI=1S/C20H17ClN6O3/c21-19-23-7-12(8-24-19)14-9-22-17(25-14)15-6-11-3-1-2-10-4-5-13(26-20(29)30)18(28)27(15)16(10)11/h1-3,7-9,13,15,26H,4-6H2,(H,22,25)(H,29,30)/t13-,15-/m0/s1. The average Bonchev–Trinajstić information content (AvgIpc) is 3.32. The molecular weight excluding hydrogens is 408 g/mol. The van der Waals surface area contributed by atoms with Crippen molar-refractivity contribution in [3.8, 4) is 11.3 Å². The van der Waals surface area contributed by atoms with Crippen LogP contribution in [0.2, 0.25) is 5.28 Å². The van der Waals surface area contributed by atoms with Crippen molar-refractivity contribution in [1.82, 2.24) is 25.3 Å². The van der Waals surface area contributed by atoms with Crippen LogP contribution < -0.4 is 10.2 Å². The number of benzene rings is 1. The molecule has 2 aliphatic rings. The van der Waals surface area contributed by atoms with E-state index in [0.29, 0.717) is 30.8 Å². The van der Waals surface area contributed by atoms with Crippen LogP contribution in [0.3, 0.4) is 0 Å². The Morgan fingerprint density at radius 2 is 1.97 bits per heavy atom. The summed E-state index contributed by atoms with van der Waals surface area (Å²) in [6.07, 6.45) is 5.28. The first-order valence-electron chi connectivity index (χ1n) is 9.47. The number of carbonyl (C=O) groups excluding carboxylic acids is 1. The van der Waals surface area contributed by atoms with E-state index in [2.05, 4.69) is 25.3 Å². The predicted octanol–water partition coefficient (Wildman–Crippen LogP) is 2.73. The third-order valence-corrected chi connectivity index (χ3v) is 5.74. The molecule has 4 heterocycles. The van der Waals surface area contributed by atoms with Crippen molar-refractivity contribution in [1.29, 1.82) is 0 Å². The zero-order chi connectivity index (χ0) is 20.8. The van der Waals surface area contributed by atoms with Crippen LogP contribution in [0.1, 0.15) is 29.4 Å². The molecule has 2 aliphatic heterocycles. The molecular formula is C20H17ClN6O3. The maximum Gasteiger partial charge on any atom is 0.405 e. The van der Waals surface area contributed by atoms with E-state index in [1.54, 1.807) is 23.5 Å². The van der Waals surface area contributed by atoms with Gasteiger partial charge in [0.15, 0.2) is 0 Å². The molecule has 0 unspecified atom stereocenters. The smallest absolute Gasteiger partial charge is 0.405 e. The van der Waals surface area contributed by atoms with Gasteiger partial charge in [0.2, 0.25) is 11.2 Å². The number of aromatic amines is 1. The fraction of sp³-hybridized carbons (Fsp3) is 0.250. The number of anilines is 1. The second-order valence-electron chi connectivity index (χ2n) is 7.32. The number of H-pyrrole nitrogens is 1. The van der Waals surface area contributed by atoms with E-state index in [0.717, 1.165) is 22.4 Å². The van der Waals surface area contributed by atoms with Gasteiger partial charge in [0.05, 0.1) is 23.6 Å². The Morgan fingerprint density at radius 3 is 2.73 bits per heavy atom. The second-order valence-corrected chi connectivity index (χ2v) is 7.65. The summed E-state index contributed by atoms with van der Waals surface area (Å²) in [5.41, 5.74) is 4.39. The number of hydrogen-bond donors (Lipinski definition) is 3. The lowest BCUT2D eigenvalue weighted by atomic mass is 10.0. The van der Waals surface area contributed by atoms with Gasteiger partial charge in [0, 0.05) is 24.4 Å². The Morgan fingerprint density at radius 1 is 1.20 bits per heavy atom. The minimum absolute atomic E-state index is 0.157. The predicted molar refractivity (Wildman–Crippen MR) is 108 cm³/mol. The number of amides is 2. The molecule has 2 atom stereocenters. The number of imidazole rings is 1. The summed E-state index contributed by atoms with van der Waals surface area (Å²) in [6, 6.07) is 4.81. The molecule has 3 N–H and O–H groups in total. The summed E-state index contributed by atoms with van der Waals surface area (Å²) in [7, 11) is 0. The van der Waals surface area contributed by atoms with Gasteiger partial charge in [-0.2, -0.15) is 0 Å². The van der Waals surface area contributed by atoms with Crippen molar-refractivity contribution in [2.45, 2.75) is 31.3 Å². The summed E-state index contributed by atoms with van der Waals surface area (Å²) < 4.78 is 0. The van der Waals surface area contributed by atoms with Gasteiger partial charge in [-0.15, -0.1) is 0 Å². The molecule has 3 aromatic rings. The van der Waals surface area contributed by atoms with Gasteiger partial charge in [-0.3, -0.25) is 9.69 Å². The minimum Gasteiger partial charge on any atom is -0.465 e. The quantitative estimate of drug-likeness (QED) is 0.555. The van der Waals surface area contributed by atoms with Gasteiger partial charge in [-0.1, -0.05) is 18.2 Å². The Labute approximate surface area is 176 Å². The molecule has 1 aromatic carbocycles. The van der Waals surface area contributed by atoms with Gasteiger partial charge >= 0.3 is 6.09 Å². The maximum absolute atomic E-state index is 13.3. The third kappa shape index (κ3) is 3.07. The SMILES string of the molecule is O=C(O)N[C@H]1CCc2cccc3c2N(C1=O)[C@H](c1ncc(-c2cnc(Cl)nc2)[nH]1)C3. The number of hydrogen-bond acceptors (Lipinski definition) is 5. The van der Waals surface area contributed by atoms with Crippen LogP contribution in [0.25, 0.3) is 11.3 Å². The molecule has 152 valence electrons. The van der Waals surface area contributed by atoms with E-state index in [4.69, 9.17) is 11.6 Å². The van der Waals surface area contributed by atoms with E-state index in [1.165, 1.54) is 0 Å². The second kappa shape index (κ2) is 7.10. The molecule has 2 aromatic heterocycles. The van der Waals surface area contributed by atoms with Crippen LogP contribution in [0.15, 0.2) is 36.8 Å². The van der Waals surface area contributed by atoms with Crippen molar-refractivity contribution in [2.75, 3.05) is 4.90 Å². The molecule has 2 amide bonds. The molecule has 0 fully saturated rings. The van der Waals surface area contributed by atoms with Gasteiger partial charge in [-0.25, -0.2) is 19.7 Å². The third-order valence-electron chi connectivity index (χ3n) is 5.55. The minimum atomic E-state index is -1.21. The lowest BCUT2D eigenvalue weighted by molar-refractivity contribution is -0.120. The van der Waals surface area contributed by atoms with Crippen LogP contribution in [0.5, 0.6) is 0 Å². The van der Waals surface area contributed by atoms with Crippen molar-refractivity contribution in [2.24, 2.45) is 0 Å². The number of nitrogens with one attached hydrogen (secondary N) is 2. The number of para-hydroxylation sites is 1. The summed E-state index contributed by atoms with van der Waals surface area (Å²) in [5, 5.41) is 11.7. The van der Waals surface area contributed by atoms with E-state index in [9.17, 15) is 14.7 Å². The van der Waals surface area contributed by atoms with Gasteiger partial charge in [-0.05, 0) is 35.6 Å². The van der Waals surface area contributed by atoms with Crippen LogP contribution in [0.4, 0.5) is 10.5 Å². The zero-order valence-corrected chi connectivity index (χ0v) is 16.4. The molecule has 0 radical (unpaired) electrons. The number of carbonyl (C=O) groups is 2. The average molecular weight is 425 g/mol. The topological polar surface area (TPSA) is 124 Å². The maximum atomic E-state index is 13.3. The summed E-state index contributed by atoms with van der Waals surface area (Å²) in [5.74, 6) is 0.352. The van der Waals surface area contributed by atoms with Crippen molar-refractivity contribution in [3.63, 3.8) is 0 Å². The molecule has 5 rings (SSSR count). The monoisotopic (exact) mass is 424 g/mol. The van der Waals surface area contributed by atoms with Crippen molar-refractivity contribution < 1.29 is 14.7 Å². The zero-order valence-electron chi connectivity index (χ0n) is 15.7. The van der Waals surface area contributed by atoms with E-state index in [1.807, 2.05) is 18.2 Å². The van der Waals surface area contributed by atoms with E-state index < -0.39 is 12.1 Å². The van der Waals surface area contributed by atoms with Crippen LogP contribution in [-0.2, 0) is 17.6 Å². The molecule has 30 heavy (non-hydrogen) atoms. The fourth-order valence-corrected chi connectivity index (χ4v) is 4.33. The highest BCUT2D eigenvalue weighted by molar-refractivity contribution is 6.28. The molecule has 0 saturated carbocycles. The van der Waals surface area contributed by atoms with E-state index >= 15 is 0 Å². The Kier molecular flexibility index (Phi) is 4.39. The van der Waals surface area contributed by atoms with Crippen LogP contribution >= 0.6 is 11.6 Å². The lowest BCUT2D eigenvalue weighted by Crippen LogP contribution is -2.48. The number of halogens is 1. The number of carboxylic acid groups (broad SMARTS) is 1. The molecule has 0 saturated heterocycles. The molecule has 0 bridgehead atoms. The highest BCUT2D eigenvalue weighted by Gasteiger charge is 2.42. The van der Waals surface area contributed by atoms with E-state index in [-0.39, 0.29) is 17.2 Å². The normalized spacial score (nSPS) is 20.0. The molecule has 9 nitrogen and oxygen atoms in total. The first-order chi connectivity index (χ1) is 14.5. The lowest BCUT2D eigenvalue weighted by Gasteiger charge is -2.27. The molecule has 10 heteroatoms. The molecule has 0 spiro atoms. The summed E-state index contributed by atoms with van der Waals surface area (Å²) in [6.45, 7) is 0. The molecule has 0 aliphatic carbocycles. The van der Waals surface area contributed by atoms with Crippen molar-refractivity contribution >= 4 is 29.3 Å². The van der Waals surface area contributed by atoms with Crippen molar-refractivity contribution in [3.05, 3.63) is 59.0 Å². The summed E-state index contributed by atoms with van der Waals surface area (Å²) >= 11 is 5.76. The van der Waals surface area contributed by atoms with Gasteiger partial charge in [0.25, 0.3) is 0 Å². The van der Waals surface area contributed by atoms with Crippen LogP contribution in [-0.4, -0.2) is 43.1 Å². The van der Waals surface area contributed by atoms with Gasteiger partial charge in [0.1, 0.15) is 11.9 Å². The Balaban J connectivity index is 1.54.